The second kappa shape index (κ2) is 13.9. The molecule has 1 fully saturated rings. The van der Waals surface area contributed by atoms with Gasteiger partial charge < -0.3 is 10.1 Å². The molecule has 0 aromatic heterocycles. The highest BCUT2D eigenvalue weighted by atomic mass is 79.9. The Hall–Kier alpha value is -3.50. The van der Waals surface area contributed by atoms with Crippen molar-refractivity contribution in [3.63, 3.8) is 0 Å². The molecule has 1 heterocycles. The number of hydrogen-bond acceptors (Lipinski definition) is 5. The third-order valence-electron chi connectivity index (χ3n) is 7.39. The standard InChI is InChI=1S/C34H36BrN3O4S/c1-25(2)24-42-32-18-13-28(23-31(32)35)34(39)36-29-14-16-30(17-15-29)43(40,41)38-21-19-37(20-22-38)33(26-9-5-3-6-10-26)27-11-7-4-8-12-27/h3-18,23,25,33H,19-22,24H2,1-2H3,(H,36,39). The summed E-state index contributed by atoms with van der Waals surface area (Å²) in [7, 11) is -3.69. The predicted molar refractivity (Wildman–Crippen MR) is 174 cm³/mol. The van der Waals surface area contributed by atoms with Gasteiger partial charge in [0.1, 0.15) is 5.75 Å². The molecule has 5 rings (SSSR count). The zero-order chi connectivity index (χ0) is 30.4. The fraction of sp³-hybridized carbons (Fsp3) is 0.265. The number of benzene rings is 4. The first-order valence-electron chi connectivity index (χ1n) is 14.4. The number of ether oxygens (including phenoxy) is 1. The van der Waals surface area contributed by atoms with Crippen LogP contribution in [0.3, 0.4) is 0 Å². The number of rotatable bonds is 10. The summed E-state index contributed by atoms with van der Waals surface area (Å²) in [6.07, 6.45) is 0. The SMILES string of the molecule is CC(C)COc1ccc(C(=O)Nc2ccc(S(=O)(=O)N3CCN(C(c4ccccc4)c4ccccc4)CC3)cc2)cc1Br. The maximum atomic E-state index is 13.5. The van der Waals surface area contributed by atoms with Gasteiger partial charge in [-0.2, -0.15) is 4.31 Å². The van der Waals surface area contributed by atoms with Gasteiger partial charge >= 0.3 is 0 Å². The van der Waals surface area contributed by atoms with Gasteiger partial charge in [-0.1, -0.05) is 74.5 Å². The summed E-state index contributed by atoms with van der Waals surface area (Å²) in [6.45, 7) is 6.72. The molecule has 0 unspecified atom stereocenters. The van der Waals surface area contributed by atoms with Crippen molar-refractivity contribution in [2.45, 2.75) is 24.8 Å². The molecule has 1 amide bonds. The van der Waals surface area contributed by atoms with Crippen LogP contribution >= 0.6 is 15.9 Å². The molecule has 43 heavy (non-hydrogen) atoms. The van der Waals surface area contributed by atoms with Crippen LogP contribution in [0.15, 0.2) is 112 Å². The van der Waals surface area contributed by atoms with Crippen molar-refractivity contribution < 1.29 is 17.9 Å². The lowest BCUT2D eigenvalue weighted by molar-refractivity contribution is 0.102. The maximum absolute atomic E-state index is 13.5. The molecular formula is C34H36BrN3O4S. The van der Waals surface area contributed by atoms with E-state index in [-0.39, 0.29) is 16.8 Å². The van der Waals surface area contributed by atoms with Crippen molar-refractivity contribution >= 4 is 37.5 Å². The highest BCUT2D eigenvalue weighted by Crippen LogP contribution is 2.31. The van der Waals surface area contributed by atoms with Crippen LogP contribution in [0.25, 0.3) is 0 Å². The second-order valence-electron chi connectivity index (χ2n) is 11.0. The van der Waals surface area contributed by atoms with E-state index in [1.54, 1.807) is 46.8 Å². The predicted octanol–water partition coefficient (Wildman–Crippen LogP) is 6.83. The van der Waals surface area contributed by atoms with E-state index in [0.29, 0.717) is 60.2 Å². The van der Waals surface area contributed by atoms with E-state index in [0.717, 1.165) is 0 Å². The van der Waals surface area contributed by atoms with Gasteiger partial charge in [-0.25, -0.2) is 8.42 Å². The van der Waals surface area contributed by atoms with E-state index in [1.807, 2.05) is 36.4 Å². The summed E-state index contributed by atoms with van der Waals surface area (Å²) in [5, 5.41) is 2.85. The van der Waals surface area contributed by atoms with Crippen LogP contribution in [-0.2, 0) is 10.0 Å². The molecule has 9 heteroatoms. The average Bonchev–Trinajstić information content (AvgIpc) is 3.02. The lowest BCUT2D eigenvalue weighted by Gasteiger charge is -2.39. The lowest BCUT2D eigenvalue weighted by atomic mass is 9.96. The number of piperazine rings is 1. The number of amides is 1. The van der Waals surface area contributed by atoms with Crippen LogP contribution < -0.4 is 10.1 Å². The minimum Gasteiger partial charge on any atom is -0.492 e. The van der Waals surface area contributed by atoms with Crippen LogP contribution in [-0.4, -0.2) is 56.3 Å². The van der Waals surface area contributed by atoms with E-state index >= 15 is 0 Å². The van der Waals surface area contributed by atoms with Gasteiger partial charge in [-0.05, 0) is 75.4 Å². The van der Waals surface area contributed by atoms with Crippen LogP contribution in [0, 0.1) is 5.92 Å². The van der Waals surface area contributed by atoms with Crippen LogP contribution in [0.4, 0.5) is 5.69 Å². The number of nitrogens with one attached hydrogen (secondary N) is 1. The van der Waals surface area contributed by atoms with Crippen LogP contribution in [0.2, 0.25) is 0 Å². The van der Waals surface area contributed by atoms with Gasteiger partial charge in [-0.15, -0.1) is 0 Å². The van der Waals surface area contributed by atoms with E-state index in [9.17, 15) is 13.2 Å². The first-order valence-corrected chi connectivity index (χ1v) is 16.6. The van der Waals surface area contributed by atoms with E-state index in [2.05, 4.69) is 64.3 Å². The van der Waals surface area contributed by atoms with Crippen molar-refractivity contribution in [3.05, 3.63) is 124 Å². The Labute approximate surface area is 262 Å². The van der Waals surface area contributed by atoms with Crippen LogP contribution in [0.5, 0.6) is 5.75 Å². The first-order chi connectivity index (χ1) is 20.7. The quantitative estimate of drug-likeness (QED) is 0.202. The molecule has 0 saturated carbocycles. The van der Waals surface area contributed by atoms with Gasteiger partial charge in [0, 0.05) is 37.4 Å². The van der Waals surface area contributed by atoms with Crippen molar-refractivity contribution in [1.82, 2.24) is 9.21 Å². The smallest absolute Gasteiger partial charge is 0.255 e. The monoisotopic (exact) mass is 661 g/mol. The van der Waals surface area contributed by atoms with E-state index in [1.165, 1.54) is 11.1 Å². The molecule has 4 aromatic carbocycles. The fourth-order valence-electron chi connectivity index (χ4n) is 5.17. The van der Waals surface area contributed by atoms with Crippen molar-refractivity contribution in [2.75, 3.05) is 38.1 Å². The number of sulfonamides is 1. The van der Waals surface area contributed by atoms with Crippen molar-refractivity contribution in [1.29, 1.82) is 0 Å². The number of anilines is 1. The number of nitrogens with zero attached hydrogens (tertiary/aromatic N) is 2. The van der Waals surface area contributed by atoms with Gasteiger partial charge in [0.15, 0.2) is 0 Å². The summed E-state index contributed by atoms with van der Waals surface area (Å²) in [6, 6.07) is 32.2. The Morgan fingerprint density at radius 1 is 0.837 bits per heavy atom. The van der Waals surface area contributed by atoms with Gasteiger partial charge in [-0.3, -0.25) is 9.69 Å². The fourth-order valence-corrected chi connectivity index (χ4v) is 7.08. The molecule has 1 aliphatic heterocycles. The Kier molecular flexibility index (Phi) is 9.97. The summed E-state index contributed by atoms with van der Waals surface area (Å²) in [5.74, 6) is 0.767. The molecule has 1 aliphatic rings. The molecular weight excluding hydrogens is 626 g/mol. The first kappa shape index (κ1) is 30.9. The molecule has 1 N–H and O–H groups in total. The van der Waals surface area contributed by atoms with Crippen LogP contribution in [0.1, 0.15) is 41.4 Å². The zero-order valence-corrected chi connectivity index (χ0v) is 26.7. The third-order valence-corrected chi connectivity index (χ3v) is 9.92. The van der Waals surface area contributed by atoms with Crippen molar-refractivity contribution in [2.24, 2.45) is 5.92 Å². The number of halogens is 1. The summed E-state index contributed by atoms with van der Waals surface area (Å²) in [4.78, 5) is 15.4. The van der Waals surface area contributed by atoms with Gasteiger partial charge in [0.2, 0.25) is 10.0 Å². The minimum absolute atomic E-state index is 0.0551. The highest BCUT2D eigenvalue weighted by Gasteiger charge is 2.32. The Morgan fingerprint density at radius 2 is 1.42 bits per heavy atom. The van der Waals surface area contributed by atoms with Gasteiger partial charge in [0.05, 0.1) is 22.0 Å². The normalized spacial score (nSPS) is 14.6. The molecule has 224 valence electrons. The third kappa shape index (κ3) is 7.54. The molecule has 0 bridgehead atoms. The molecule has 1 saturated heterocycles. The highest BCUT2D eigenvalue weighted by molar-refractivity contribution is 9.10. The maximum Gasteiger partial charge on any atom is 0.255 e. The lowest BCUT2D eigenvalue weighted by Crippen LogP contribution is -2.49. The summed E-state index contributed by atoms with van der Waals surface area (Å²) in [5.41, 5.74) is 3.34. The molecule has 0 atom stereocenters. The molecule has 7 nitrogen and oxygen atoms in total. The number of hydrogen-bond donors (Lipinski definition) is 1. The summed E-state index contributed by atoms with van der Waals surface area (Å²) < 4.78 is 35.1. The molecule has 0 spiro atoms. The minimum atomic E-state index is -3.69. The largest absolute Gasteiger partial charge is 0.492 e. The molecule has 4 aromatic rings. The average molecular weight is 663 g/mol. The molecule has 0 radical (unpaired) electrons. The Morgan fingerprint density at radius 3 is 1.95 bits per heavy atom. The van der Waals surface area contributed by atoms with E-state index in [4.69, 9.17) is 4.74 Å². The topological polar surface area (TPSA) is 78.9 Å². The number of carbonyl (C=O) groups excluding carboxylic acids is 1. The zero-order valence-electron chi connectivity index (χ0n) is 24.3. The van der Waals surface area contributed by atoms with E-state index < -0.39 is 10.0 Å². The molecule has 0 aliphatic carbocycles. The summed E-state index contributed by atoms with van der Waals surface area (Å²) >= 11 is 3.48. The Balaban J connectivity index is 1.22. The number of carbonyl (C=O) groups is 1. The van der Waals surface area contributed by atoms with Crippen molar-refractivity contribution in [3.8, 4) is 5.75 Å². The second-order valence-corrected chi connectivity index (χ2v) is 13.8. The van der Waals surface area contributed by atoms with Gasteiger partial charge in [0.25, 0.3) is 5.91 Å². The Bertz CT molecular complexity index is 1580.